The highest BCUT2D eigenvalue weighted by Gasteiger charge is 2.29. The Hall–Kier alpha value is -1.35. The molecular weight excluding hydrogens is 238 g/mol. The van der Waals surface area contributed by atoms with Crippen molar-refractivity contribution in [3.63, 3.8) is 0 Å². The molecule has 0 fully saturated rings. The van der Waals surface area contributed by atoms with E-state index in [1.807, 2.05) is 25.1 Å². The lowest BCUT2D eigenvalue weighted by molar-refractivity contribution is -0.0268. The first-order chi connectivity index (χ1) is 9.04. The average Bonchev–Trinajstić information content (AvgIpc) is 2.45. The number of hydrogen-bond acceptors (Lipinski definition) is 3. The van der Waals surface area contributed by atoms with E-state index in [0.29, 0.717) is 5.56 Å². The molecule has 0 spiro atoms. The van der Waals surface area contributed by atoms with Crippen molar-refractivity contribution in [3.05, 3.63) is 35.9 Å². The van der Waals surface area contributed by atoms with Gasteiger partial charge in [0.05, 0.1) is 5.56 Å². The summed E-state index contributed by atoms with van der Waals surface area (Å²) >= 11 is 0. The maximum Gasteiger partial charge on any atom is 0.338 e. The number of hydrogen-bond donors (Lipinski definition) is 0. The summed E-state index contributed by atoms with van der Waals surface area (Å²) in [5.74, 6) is -0.239. The molecule has 0 unspecified atom stereocenters. The van der Waals surface area contributed by atoms with Crippen molar-refractivity contribution in [1.29, 1.82) is 0 Å². The second-order valence-corrected chi connectivity index (χ2v) is 5.02. The Morgan fingerprint density at radius 1 is 1.16 bits per heavy atom. The zero-order chi connectivity index (χ0) is 14.3. The number of benzene rings is 1. The third kappa shape index (κ3) is 4.67. The second kappa shape index (κ2) is 7.29. The molecule has 19 heavy (non-hydrogen) atoms. The predicted octanol–water partition coefficient (Wildman–Crippen LogP) is 3.35. The van der Waals surface area contributed by atoms with Crippen LogP contribution in [0.2, 0.25) is 0 Å². The molecule has 3 nitrogen and oxygen atoms in total. The van der Waals surface area contributed by atoms with E-state index in [1.54, 1.807) is 12.1 Å². The van der Waals surface area contributed by atoms with Gasteiger partial charge in [-0.25, -0.2) is 4.79 Å². The molecule has 0 amide bonds. The number of esters is 1. The highest BCUT2D eigenvalue weighted by atomic mass is 16.6. The van der Waals surface area contributed by atoms with E-state index in [-0.39, 0.29) is 5.97 Å². The van der Waals surface area contributed by atoms with Crippen molar-refractivity contribution in [2.45, 2.75) is 39.7 Å². The standard InChI is InChI=1S/C16H25NO2/c1-5-16(4,13-17(6-2)7-3)19-15(18)14-11-9-8-10-12-14/h8-12H,5-7,13H2,1-4H3/t16-/m1/s1. The third-order valence-corrected chi connectivity index (χ3v) is 3.55. The Bertz CT molecular complexity index is 387. The minimum absolute atomic E-state index is 0.239. The molecule has 0 aliphatic heterocycles. The number of rotatable bonds is 7. The van der Waals surface area contributed by atoms with E-state index in [0.717, 1.165) is 26.1 Å². The van der Waals surface area contributed by atoms with Crippen LogP contribution in [0.4, 0.5) is 0 Å². The predicted molar refractivity (Wildman–Crippen MR) is 78.3 cm³/mol. The van der Waals surface area contributed by atoms with Crippen molar-refractivity contribution >= 4 is 5.97 Å². The molecule has 0 saturated carbocycles. The number of carbonyl (C=O) groups is 1. The molecular formula is C16H25NO2. The van der Waals surface area contributed by atoms with Gasteiger partial charge in [-0.15, -0.1) is 0 Å². The van der Waals surface area contributed by atoms with Crippen LogP contribution in [0.1, 0.15) is 44.5 Å². The van der Waals surface area contributed by atoms with Gasteiger partial charge in [-0.2, -0.15) is 0 Å². The smallest absolute Gasteiger partial charge is 0.338 e. The lowest BCUT2D eigenvalue weighted by Crippen LogP contribution is -2.43. The fraction of sp³-hybridized carbons (Fsp3) is 0.562. The van der Waals surface area contributed by atoms with Gasteiger partial charge < -0.3 is 4.74 Å². The highest BCUT2D eigenvalue weighted by molar-refractivity contribution is 5.89. The fourth-order valence-electron chi connectivity index (χ4n) is 1.99. The van der Waals surface area contributed by atoms with Gasteiger partial charge in [0.1, 0.15) is 5.60 Å². The molecule has 0 aliphatic rings. The Labute approximate surface area is 116 Å². The van der Waals surface area contributed by atoms with Crippen molar-refractivity contribution < 1.29 is 9.53 Å². The zero-order valence-corrected chi connectivity index (χ0v) is 12.5. The number of likely N-dealkylation sites (N-methyl/N-ethyl adjacent to an activating group) is 1. The Morgan fingerprint density at radius 3 is 2.21 bits per heavy atom. The number of ether oxygens (including phenoxy) is 1. The summed E-state index contributed by atoms with van der Waals surface area (Å²) in [4.78, 5) is 14.4. The Balaban J connectivity index is 2.72. The van der Waals surface area contributed by atoms with E-state index >= 15 is 0 Å². The van der Waals surface area contributed by atoms with Crippen LogP contribution in [0.25, 0.3) is 0 Å². The topological polar surface area (TPSA) is 29.5 Å². The van der Waals surface area contributed by atoms with Crippen LogP contribution in [-0.2, 0) is 4.74 Å². The quantitative estimate of drug-likeness (QED) is 0.706. The minimum Gasteiger partial charge on any atom is -0.454 e. The minimum atomic E-state index is -0.432. The molecule has 1 atom stereocenters. The molecule has 0 saturated heterocycles. The lowest BCUT2D eigenvalue weighted by atomic mass is 10.0. The maximum atomic E-state index is 12.1. The molecule has 1 aromatic carbocycles. The normalized spacial score (nSPS) is 14.2. The average molecular weight is 263 g/mol. The molecule has 0 N–H and O–H groups in total. The summed E-state index contributed by atoms with van der Waals surface area (Å²) in [5.41, 5.74) is 0.181. The molecule has 3 heteroatoms. The summed E-state index contributed by atoms with van der Waals surface area (Å²) in [6, 6.07) is 9.17. The van der Waals surface area contributed by atoms with Crippen LogP contribution in [0.3, 0.4) is 0 Å². The zero-order valence-electron chi connectivity index (χ0n) is 12.5. The van der Waals surface area contributed by atoms with Gasteiger partial charge in [0, 0.05) is 6.54 Å². The van der Waals surface area contributed by atoms with Gasteiger partial charge in [0.15, 0.2) is 0 Å². The van der Waals surface area contributed by atoms with Crippen molar-refractivity contribution in [1.82, 2.24) is 4.90 Å². The van der Waals surface area contributed by atoms with Crippen molar-refractivity contribution in [3.8, 4) is 0 Å². The highest BCUT2D eigenvalue weighted by Crippen LogP contribution is 2.19. The Kier molecular flexibility index (Phi) is 6.03. The summed E-state index contributed by atoms with van der Waals surface area (Å²) < 4.78 is 5.73. The van der Waals surface area contributed by atoms with Crippen LogP contribution < -0.4 is 0 Å². The van der Waals surface area contributed by atoms with Crippen LogP contribution >= 0.6 is 0 Å². The van der Waals surface area contributed by atoms with Crippen LogP contribution in [0.15, 0.2) is 30.3 Å². The van der Waals surface area contributed by atoms with E-state index in [9.17, 15) is 4.79 Å². The SMILES string of the molecule is CCN(CC)C[C@@](C)(CC)OC(=O)c1ccccc1. The molecule has 0 aromatic heterocycles. The summed E-state index contributed by atoms with van der Waals surface area (Å²) in [6.45, 7) is 11.0. The third-order valence-electron chi connectivity index (χ3n) is 3.55. The van der Waals surface area contributed by atoms with Crippen molar-refractivity contribution in [2.24, 2.45) is 0 Å². The van der Waals surface area contributed by atoms with Crippen LogP contribution in [-0.4, -0.2) is 36.1 Å². The van der Waals surface area contributed by atoms with Crippen LogP contribution in [0, 0.1) is 0 Å². The first kappa shape index (κ1) is 15.7. The van der Waals surface area contributed by atoms with E-state index in [1.165, 1.54) is 0 Å². The van der Waals surface area contributed by atoms with Gasteiger partial charge in [0.25, 0.3) is 0 Å². The summed E-state index contributed by atoms with van der Waals surface area (Å²) in [6.07, 6.45) is 0.808. The maximum absolute atomic E-state index is 12.1. The van der Waals surface area contributed by atoms with Gasteiger partial charge in [-0.3, -0.25) is 4.90 Å². The summed E-state index contributed by atoms with van der Waals surface area (Å²) in [5, 5.41) is 0. The molecule has 0 aliphatic carbocycles. The van der Waals surface area contributed by atoms with E-state index in [2.05, 4.69) is 25.7 Å². The number of nitrogens with zero attached hydrogens (tertiary/aromatic N) is 1. The largest absolute Gasteiger partial charge is 0.454 e. The number of carbonyl (C=O) groups excluding carboxylic acids is 1. The molecule has 106 valence electrons. The molecule has 0 bridgehead atoms. The Morgan fingerprint density at radius 2 is 1.74 bits per heavy atom. The monoisotopic (exact) mass is 263 g/mol. The van der Waals surface area contributed by atoms with E-state index < -0.39 is 5.60 Å². The van der Waals surface area contributed by atoms with Crippen LogP contribution in [0.5, 0.6) is 0 Å². The lowest BCUT2D eigenvalue weighted by Gasteiger charge is -2.33. The van der Waals surface area contributed by atoms with Gasteiger partial charge in [-0.05, 0) is 38.6 Å². The molecule has 1 aromatic rings. The first-order valence-electron chi connectivity index (χ1n) is 7.05. The fourth-order valence-corrected chi connectivity index (χ4v) is 1.99. The second-order valence-electron chi connectivity index (χ2n) is 5.02. The van der Waals surface area contributed by atoms with Gasteiger partial charge in [0.2, 0.25) is 0 Å². The summed E-state index contributed by atoms with van der Waals surface area (Å²) in [7, 11) is 0. The molecule has 0 radical (unpaired) electrons. The first-order valence-corrected chi connectivity index (χ1v) is 7.05. The van der Waals surface area contributed by atoms with Crippen molar-refractivity contribution in [2.75, 3.05) is 19.6 Å². The van der Waals surface area contributed by atoms with E-state index in [4.69, 9.17) is 4.74 Å². The molecule has 0 heterocycles. The molecule has 1 rings (SSSR count). The van der Waals surface area contributed by atoms with Gasteiger partial charge in [-0.1, -0.05) is 39.0 Å². The van der Waals surface area contributed by atoms with Gasteiger partial charge >= 0.3 is 5.97 Å².